The fourth-order valence-corrected chi connectivity index (χ4v) is 2.38. The molecule has 2 rings (SSSR count). The summed E-state index contributed by atoms with van der Waals surface area (Å²) in [6.07, 6.45) is 1.79. The Morgan fingerprint density at radius 1 is 1.58 bits per heavy atom. The SMILES string of the molecule is N#Cc1cccc(N/C=C(\N=N)NC(=O)[C@@]2(F)CCCN(N)C2)c1. The Labute approximate surface area is 138 Å². The van der Waals surface area contributed by atoms with E-state index in [1.807, 2.05) is 6.07 Å². The number of nitrogens with two attached hydrogens (primary N) is 1. The predicted molar refractivity (Wildman–Crippen MR) is 85.0 cm³/mol. The van der Waals surface area contributed by atoms with Gasteiger partial charge in [0, 0.05) is 18.4 Å². The van der Waals surface area contributed by atoms with E-state index in [1.54, 1.807) is 24.3 Å². The second-order valence-corrected chi connectivity index (χ2v) is 5.47. The molecule has 1 aliphatic rings. The van der Waals surface area contributed by atoms with Gasteiger partial charge >= 0.3 is 0 Å². The molecule has 0 spiro atoms. The summed E-state index contributed by atoms with van der Waals surface area (Å²) in [7, 11) is 0. The number of nitrogens with one attached hydrogen (secondary N) is 3. The van der Waals surface area contributed by atoms with Crippen LogP contribution >= 0.6 is 0 Å². The highest BCUT2D eigenvalue weighted by Crippen LogP contribution is 2.24. The molecule has 1 aliphatic heterocycles. The van der Waals surface area contributed by atoms with Gasteiger partial charge in [-0.05, 0) is 31.0 Å². The van der Waals surface area contributed by atoms with Crippen molar-refractivity contribution in [2.24, 2.45) is 11.0 Å². The maximum Gasteiger partial charge on any atom is 0.264 e. The molecule has 1 amide bonds. The quantitative estimate of drug-likeness (QED) is 0.481. The summed E-state index contributed by atoms with van der Waals surface area (Å²) in [5.74, 6) is 4.55. The smallest absolute Gasteiger partial charge is 0.264 e. The van der Waals surface area contributed by atoms with Crippen molar-refractivity contribution >= 4 is 11.6 Å². The zero-order chi connectivity index (χ0) is 17.6. The van der Waals surface area contributed by atoms with Crippen LogP contribution in [-0.2, 0) is 4.79 Å². The Kier molecular flexibility index (Phi) is 5.57. The number of benzene rings is 1. The lowest BCUT2D eigenvalue weighted by Crippen LogP contribution is -2.56. The van der Waals surface area contributed by atoms with E-state index in [0.29, 0.717) is 24.2 Å². The fraction of sp³-hybridized carbons (Fsp3) is 0.333. The van der Waals surface area contributed by atoms with Gasteiger partial charge in [0.2, 0.25) is 5.67 Å². The van der Waals surface area contributed by atoms with Crippen molar-refractivity contribution < 1.29 is 9.18 Å². The van der Waals surface area contributed by atoms with E-state index in [9.17, 15) is 9.18 Å². The van der Waals surface area contributed by atoms with Crippen molar-refractivity contribution in [1.82, 2.24) is 10.3 Å². The normalized spacial score (nSPS) is 21.6. The predicted octanol–water partition coefficient (Wildman–Crippen LogP) is 1.59. The largest absolute Gasteiger partial charge is 0.358 e. The molecule has 0 aromatic heterocycles. The lowest BCUT2D eigenvalue weighted by Gasteiger charge is -2.33. The van der Waals surface area contributed by atoms with Gasteiger partial charge in [0.15, 0.2) is 5.82 Å². The summed E-state index contributed by atoms with van der Waals surface area (Å²) in [5.41, 5.74) is 6.02. The van der Waals surface area contributed by atoms with E-state index < -0.39 is 11.6 Å². The molecule has 24 heavy (non-hydrogen) atoms. The number of hydrogen-bond acceptors (Lipinski definition) is 7. The first-order valence-corrected chi connectivity index (χ1v) is 7.31. The van der Waals surface area contributed by atoms with Crippen LogP contribution in [0.15, 0.2) is 41.4 Å². The molecule has 5 N–H and O–H groups in total. The number of hydrogen-bond donors (Lipinski definition) is 4. The minimum absolute atomic E-state index is 0.0649. The Morgan fingerprint density at radius 3 is 3.04 bits per heavy atom. The lowest BCUT2D eigenvalue weighted by atomic mass is 9.95. The molecule has 126 valence electrons. The van der Waals surface area contributed by atoms with Crippen LogP contribution in [0.2, 0.25) is 0 Å². The number of amides is 1. The van der Waals surface area contributed by atoms with E-state index in [2.05, 4.69) is 15.7 Å². The first-order valence-electron chi connectivity index (χ1n) is 7.31. The molecule has 9 heteroatoms. The molecule has 0 saturated carbocycles. The van der Waals surface area contributed by atoms with E-state index >= 15 is 0 Å². The zero-order valence-corrected chi connectivity index (χ0v) is 12.9. The molecule has 8 nitrogen and oxygen atoms in total. The van der Waals surface area contributed by atoms with Gasteiger partial charge in [-0.15, -0.1) is 5.11 Å². The number of halogens is 1. The topological polar surface area (TPSA) is 130 Å². The van der Waals surface area contributed by atoms with Gasteiger partial charge < -0.3 is 10.6 Å². The summed E-state index contributed by atoms with van der Waals surface area (Å²) in [5, 5.41) is 18.4. The van der Waals surface area contributed by atoms with Gasteiger partial charge in [-0.3, -0.25) is 10.6 Å². The number of hydrazine groups is 1. The number of carbonyl (C=O) groups excluding carboxylic acids is 1. The average Bonchev–Trinajstić information content (AvgIpc) is 2.58. The van der Waals surface area contributed by atoms with Crippen molar-refractivity contribution in [3.63, 3.8) is 0 Å². The molecule has 1 fully saturated rings. The molecule has 1 aromatic rings. The summed E-state index contributed by atoms with van der Waals surface area (Å²) in [6, 6.07) is 8.60. The second kappa shape index (κ2) is 7.63. The third-order valence-electron chi connectivity index (χ3n) is 3.61. The molecule has 0 unspecified atom stereocenters. The minimum atomic E-state index is -2.11. The maximum absolute atomic E-state index is 14.7. The van der Waals surface area contributed by atoms with Crippen LogP contribution in [0.25, 0.3) is 0 Å². The Morgan fingerprint density at radius 2 is 2.38 bits per heavy atom. The molecule has 1 heterocycles. The molecular formula is C15H18FN7O. The first kappa shape index (κ1) is 17.5. The minimum Gasteiger partial charge on any atom is -0.358 e. The van der Waals surface area contributed by atoms with Gasteiger partial charge in [0.05, 0.1) is 18.2 Å². The Hall–Kier alpha value is -2.83. The molecule has 1 atom stereocenters. The third-order valence-corrected chi connectivity index (χ3v) is 3.61. The maximum atomic E-state index is 14.7. The highest BCUT2D eigenvalue weighted by molar-refractivity contribution is 5.86. The van der Waals surface area contributed by atoms with Crippen LogP contribution in [0.3, 0.4) is 0 Å². The number of nitrogens with zero attached hydrogens (tertiary/aromatic N) is 3. The van der Waals surface area contributed by atoms with E-state index in [0.717, 1.165) is 0 Å². The van der Waals surface area contributed by atoms with Crippen molar-refractivity contribution in [3.8, 4) is 6.07 Å². The van der Waals surface area contributed by atoms with Crippen molar-refractivity contribution in [1.29, 1.82) is 10.8 Å². The number of anilines is 1. The van der Waals surface area contributed by atoms with E-state index in [4.69, 9.17) is 16.6 Å². The number of alkyl halides is 1. The van der Waals surface area contributed by atoms with Gasteiger partial charge in [-0.1, -0.05) is 6.07 Å². The summed E-state index contributed by atoms with van der Waals surface area (Å²) in [4.78, 5) is 12.1. The van der Waals surface area contributed by atoms with Gasteiger partial charge in [0.1, 0.15) is 0 Å². The van der Waals surface area contributed by atoms with Crippen LogP contribution in [0.5, 0.6) is 0 Å². The van der Waals surface area contributed by atoms with Crippen molar-refractivity contribution in [3.05, 3.63) is 41.8 Å². The zero-order valence-electron chi connectivity index (χ0n) is 12.9. The van der Waals surface area contributed by atoms with Crippen LogP contribution < -0.4 is 16.5 Å². The standard InChI is InChI=1S/C15H18FN7O/c16-15(5-2-6-23(19)10-15)14(24)21-13(22-18)9-20-12-4-1-3-11(7-12)8-17/h1,3-4,7,9,18,20H,2,5-6,10,19H2,(H,21,24)/b13-9-,22-18?/t15-/m1/s1. The number of rotatable bonds is 5. The van der Waals surface area contributed by atoms with Crippen molar-refractivity contribution in [2.75, 3.05) is 18.4 Å². The first-order chi connectivity index (χ1) is 11.5. The van der Waals surface area contributed by atoms with Gasteiger partial charge in [-0.2, -0.15) is 5.26 Å². The molecule has 0 radical (unpaired) electrons. The Balaban J connectivity index is 2.04. The molecule has 1 aromatic carbocycles. The lowest BCUT2D eigenvalue weighted by molar-refractivity contribution is -0.136. The highest BCUT2D eigenvalue weighted by atomic mass is 19.1. The van der Waals surface area contributed by atoms with Crippen LogP contribution in [0.1, 0.15) is 18.4 Å². The molecular weight excluding hydrogens is 313 g/mol. The number of nitriles is 1. The van der Waals surface area contributed by atoms with E-state index in [1.165, 1.54) is 11.2 Å². The number of piperidine rings is 1. The monoisotopic (exact) mass is 331 g/mol. The Bertz CT molecular complexity index is 699. The van der Waals surface area contributed by atoms with Crippen LogP contribution in [-0.4, -0.2) is 29.7 Å². The van der Waals surface area contributed by atoms with Crippen LogP contribution in [0.4, 0.5) is 10.1 Å². The molecule has 1 saturated heterocycles. The summed E-state index contributed by atoms with van der Waals surface area (Å²) >= 11 is 0. The summed E-state index contributed by atoms with van der Waals surface area (Å²) in [6.45, 7) is 0.322. The average molecular weight is 331 g/mol. The van der Waals surface area contributed by atoms with Gasteiger partial charge in [-0.25, -0.2) is 14.9 Å². The summed E-state index contributed by atoms with van der Waals surface area (Å²) < 4.78 is 14.7. The van der Waals surface area contributed by atoms with Crippen LogP contribution in [0, 0.1) is 16.9 Å². The highest BCUT2D eigenvalue weighted by Gasteiger charge is 2.42. The molecule has 0 aliphatic carbocycles. The second-order valence-electron chi connectivity index (χ2n) is 5.47. The molecule has 0 bridgehead atoms. The van der Waals surface area contributed by atoms with Crippen molar-refractivity contribution in [2.45, 2.75) is 18.5 Å². The van der Waals surface area contributed by atoms with E-state index in [-0.39, 0.29) is 18.8 Å². The number of carbonyl (C=O) groups is 1. The fourth-order valence-electron chi connectivity index (χ4n) is 2.38. The third kappa shape index (κ3) is 4.34. The van der Waals surface area contributed by atoms with Gasteiger partial charge in [0.25, 0.3) is 5.91 Å².